The van der Waals surface area contributed by atoms with E-state index in [4.69, 9.17) is 4.52 Å². The number of aromatic nitrogens is 1. The van der Waals surface area contributed by atoms with E-state index >= 15 is 0 Å². The van der Waals surface area contributed by atoms with Crippen LogP contribution in [0.3, 0.4) is 0 Å². The van der Waals surface area contributed by atoms with Crippen LogP contribution in [-0.4, -0.2) is 42.0 Å². The fraction of sp³-hybridized carbons (Fsp3) is 0.583. The zero-order valence-electron chi connectivity index (χ0n) is 10.2. The van der Waals surface area contributed by atoms with Gasteiger partial charge in [0.25, 0.3) is 5.91 Å². The molecule has 6 heteroatoms. The average molecular weight is 249 g/mol. The predicted octanol–water partition coefficient (Wildman–Crippen LogP) is 0.273. The Hall–Kier alpha value is -1.85. The largest absolute Gasteiger partial charge is 0.359 e. The minimum absolute atomic E-state index is 0.00970. The van der Waals surface area contributed by atoms with E-state index in [-0.39, 0.29) is 28.9 Å². The van der Waals surface area contributed by atoms with Crippen molar-refractivity contribution in [2.45, 2.75) is 12.8 Å². The molecule has 1 saturated heterocycles. The quantitative estimate of drug-likeness (QED) is 0.816. The zero-order chi connectivity index (χ0) is 12.8. The monoisotopic (exact) mass is 249 g/mol. The molecule has 1 saturated carbocycles. The Labute approximate surface area is 104 Å². The first-order chi connectivity index (χ1) is 8.66. The van der Waals surface area contributed by atoms with Crippen LogP contribution in [0, 0.1) is 11.3 Å². The van der Waals surface area contributed by atoms with Gasteiger partial charge in [-0.25, -0.2) is 0 Å². The van der Waals surface area contributed by atoms with E-state index in [1.54, 1.807) is 18.0 Å². The van der Waals surface area contributed by atoms with Gasteiger partial charge in [-0.3, -0.25) is 9.59 Å². The molecule has 1 aliphatic carbocycles. The van der Waals surface area contributed by atoms with Crippen molar-refractivity contribution in [1.29, 1.82) is 0 Å². The number of carbonyl (C=O) groups is 2. The maximum Gasteiger partial charge on any atom is 0.292 e. The molecule has 18 heavy (non-hydrogen) atoms. The summed E-state index contributed by atoms with van der Waals surface area (Å²) in [5.74, 6) is 0.287. The minimum Gasteiger partial charge on any atom is -0.359 e. The number of nitrogens with one attached hydrogen (secondary N) is 1. The third kappa shape index (κ3) is 1.60. The summed E-state index contributed by atoms with van der Waals surface area (Å²) in [6.45, 7) is 1.33. The molecular formula is C12H15N3O3. The van der Waals surface area contributed by atoms with E-state index in [9.17, 15) is 9.59 Å². The number of nitrogens with zero attached hydrogens (tertiary/aromatic N) is 2. The van der Waals surface area contributed by atoms with E-state index in [1.165, 1.54) is 6.20 Å². The Morgan fingerprint density at radius 1 is 1.61 bits per heavy atom. The Kier molecular flexibility index (Phi) is 2.39. The maximum atomic E-state index is 12.1. The SMILES string of the molecule is CNC(=O)[C@H]1C[C@]12CCN(C(=O)c1ccno1)C2. The average Bonchev–Trinajstić information content (AvgIpc) is 2.77. The first-order valence-electron chi connectivity index (χ1n) is 6.08. The molecule has 1 aromatic rings. The van der Waals surface area contributed by atoms with Crippen LogP contribution < -0.4 is 5.32 Å². The second-order valence-electron chi connectivity index (χ2n) is 5.09. The molecule has 2 aliphatic rings. The molecule has 2 amide bonds. The van der Waals surface area contributed by atoms with E-state index in [0.29, 0.717) is 13.1 Å². The Morgan fingerprint density at radius 2 is 2.44 bits per heavy atom. The van der Waals surface area contributed by atoms with Crippen molar-refractivity contribution in [3.8, 4) is 0 Å². The summed E-state index contributed by atoms with van der Waals surface area (Å²) in [5, 5.41) is 6.22. The smallest absolute Gasteiger partial charge is 0.292 e. The van der Waals surface area contributed by atoms with Crippen LogP contribution in [0.1, 0.15) is 23.4 Å². The lowest BCUT2D eigenvalue weighted by Crippen LogP contribution is -2.30. The minimum atomic E-state index is -0.132. The van der Waals surface area contributed by atoms with Crippen LogP contribution in [0.25, 0.3) is 0 Å². The lowest BCUT2D eigenvalue weighted by Gasteiger charge is -2.14. The molecular weight excluding hydrogens is 234 g/mol. The van der Waals surface area contributed by atoms with Crippen LogP contribution in [0.15, 0.2) is 16.8 Å². The second kappa shape index (κ2) is 3.83. The van der Waals surface area contributed by atoms with Crippen molar-refractivity contribution in [3.05, 3.63) is 18.0 Å². The number of carbonyl (C=O) groups excluding carboxylic acids is 2. The normalized spacial score (nSPS) is 29.6. The van der Waals surface area contributed by atoms with Gasteiger partial charge in [0.1, 0.15) is 0 Å². The molecule has 2 fully saturated rings. The summed E-state index contributed by atoms with van der Waals surface area (Å²) in [5.41, 5.74) is 0.00970. The van der Waals surface area contributed by atoms with Crippen molar-refractivity contribution in [3.63, 3.8) is 0 Å². The first kappa shape index (κ1) is 11.3. The molecule has 0 radical (unpaired) electrons. The molecule has 2 atom stereocenters. The third-order valence-electron chi connectivity index (χ3n) is 4.07. The van der Waals surface area contributed by atoms with E-state index < -0.39 is 0 Å². The molecule has 1 spiro atoms. The summed E-state index contributed by atoms with van der Waals surface area (Å²) in [6.07, 6.45) is 3.24. The highest BCUT2D eigenvalue weighted by Crippen LogP contribution is 2.58. The molecule has 0 bridgehead atoms. The number of likely N-dealkylation sites (tertiary alicyclic amines) is 1. The van der Waals surface area contributed by atoms with Crippen LogP contribution in [0.5, 0.6) is 0 Å². The van der Waals surface area contributed by atoms with Gasteiger partial charge in [0.2, 0.25) is 11.7 Å². The first-order valence-corrected chi connectivity index (χ1v) is 6.08. The third-order valence-corrected chi connectivity index (χ3v) is 4.07. The van der Waals surface area contributed by atoms with Crippen LogP contribution >= 0.6 is 0 Å². The fourth-order valence-electron chi connectivity index (χ4n) is 2.89. The number of hydrogen-bond donors (Lipinski definition) is 1. The number of rotatable bonds is 2. The van der Waals surface area contributed by atoms with Crippen LogP contribution in [-0.2, 0) is 4.79 Å². The van der Waals surface area contributed by atoms with Crippen molar-refractivity contribution in [2.24, 2.45) is 11.3 Å². The molecule has 2 heterocycles. The van der Waals surface area contributed by atoms with Gasteiger partial charge in [0, 0.05) is 37.5 Å². The van der Waals surface area contributed by atoms with Gasteiger partial charge in [-0.2, -0.15) is 0 Å². The van der Waals surface area contributed by atoms with Crippen LogP contribution in [0.2, 0.25) is 0 Å². The molecule has 96 valence electrons. The maximum absolute atomic E-state index is 12.1. The van der Waals surface area contributed by atoms with Gasteiger partial charge in [-0.05, 0) is 12.8 Å². The second-order valence-corrected chi connectivity index (χ2v) is 5.09. The van der Waals surface area contributed by atoms with Crippen molar-refractivity contribution < 1.29 is 14.1 Å². The van der Waals surface area contributed by atoms with Gasteiger partial charge >= 0.3 is 0 Å². The van der Waals surface area contributed by atoms with E-state index in [0.717, 1.165) is 12.8 Å². The molecule has 6 nitrogen and oxygen atoms in total. The predicted molar refractivity (Wildman–Crippen MR) is 61.6 cm³/mol. The van der Waals surface area contributed by atoms with Crippen molar-refractivity contribution >= 4 is 11.8 Å². The number of amides is 2. The van der Waals surface area contributed by atoms with Crippen molar-refractivity contribution in [2.75, 3.05) is 20.1 Å². The molecule has 3 rings (SSSR count). The summed E-state index contributed by atoms with van der Waals surface area (Å²) in [6, 6.07) is 1.57. The topological polar surface area (TPSA) is 75.4 Å². The van der Waals surface area contributed by atoms with E-state index in [2.05, 4.69) is 10.5 Å². The summed E-state index contributed by atoms with van der Waals surface area (Å²) < 4.78 is 4.87. The molecule has 1 aliphatic heterocycles. The molecule has 0 unspecified atom stereocenters. The summed E-state index contributed by atoms with van der Waals surface area (Å²) in [7, 11) is 1.65. The van der Waals surface area contributed by atoms with Gasteiger partial charge < -0.3 is 14.7 Å². The fourth-order valence-corrected chi connectivity index (χ4v) is 2.89. The molecule has 0 aromatic carbocycles. The van der Waals surface area contributed by atoms with Crippen LogP contribution in [0.4, 0.5) is 0 Å². The van der Waals surface area contributed by atoms with Gasteiger partial charge in [-0.15, -0.1) is 0 Å². The van der Waals surface area contributed by atoms with Gasteiger partial charge in [-0.1, -0.05) is 5.16 Å². The summed E-state index contributed by atoms with van der Waals surface area (Å²) in [4.78, 5) is 25.4. The molecule has 1 N–H and O–H groups in total. The van der Waals surface area contributed by atoms with Crippen molar-refractivity contribution in [1.82, 2.24) is 15.4 Å². The van der Waals surface area contributed by atoms with Gasteiger partial charge in [0.05, 0.1) is 6.20 Å². The molecule has 1 aromatic heterocycles. The Morgan fingerprint density at radius 3 is 3.11 bits per heavy atom. The lowest BCUT2D eigenvalue weighted by atomic mass is 10.0. The van der Waals surface area contributed by atoms with E-state index in [1.807, 2.05) is 0 Å². The summed E-state index contributed by atoms with van der Waals surface area (Å²) >= 11 is 0. The Bertz CT molecular complexity index is 485. The van der Waals surface area contributed by atoms with Gasteiger partial charge in [0.15, 0.2) is 0 Å². The lowest BCUT2D eigenvalue weighted by molar-refractivity contribution is -0.122. The highest BCUT2D eigenvalue weighted by molar-refractivity contribution is 5.92. The standard InChI is InChI=1S/C12H15N3O3/c1-13-10(16)8-6-12(8)3-5-15(7-12)11(17)9-2-4-14-18-9/h2,4,8H,3,5-7H2,1H3,(H,13,16)/t8-,12+/m1/s1. The highest BCUT2D eigenvalue weighted by Gasteiger charge is 2.61. The Balaban J connectivity index is 1.67. The zero-order valence-corrected chi connectivity index (χ0v) is 10.2. The number of hydrogen-bond acceptors (Lipinski definition) is 4. The highest BCUT2D eigenvalue weighted by atomic mass is 16.5.